The molecular weight excluding hydrogens is 771 g/mol. The van der Waals surface area contributed by atoms with Crippen molar-refractivity contribution in [2.24, 2.45) is 10.7 Å². The third-order valence-corrected chi connectivity index (χ3v) is 10.1. The molecule has 0 aliphatic rings. The molecule has 60 heavy (non-hydrogen) atoms. The third-order valence-electron chi connectivity index (χ3n) is 8.97. The monoisotopic (exact) mass is 825 g/mol. The zero-order valence-electron chi connectivity index (χ0n) is 35.3. The second-order valence-corrected chi connectivity index (χ2v) is 14.6. The number of aromatic amines is 1. The number of carbonyl (C=O) groups excluding carboxylic acids is 2. The normalized spacial score (nSPS) is 13.8. The summed E-state index contributed by atoms with van der Waals surface area (Å²) in [4.78, 5) is 46.6. The lowest BCUT2D eigenvalue weighted by atomic mass is 9.96. The maximum atomic E-state index is 13.5. The number of nitrogens with zero attached hydrogens (tertiary/aromatic N) is 1. The number of aliphatic imine (C=N–C) groups is 1. The number of methoxy groups -OCH3 is 1. The molecule has 0 saturated carbocycles. The summed E-state index contributed by atoms with van der Waals surface area (Å²) in [6, 6.07) is 17.6. The maximum Gasteiger partial charge on any atom is 0.255 e. The predicted molar refractivity (Wildman–Crippen MR) is 250 cm³/mol. The molecule has 0 bridgehead atoms. The van der Waals surface area contributed by atoms with Crippen molar-refractivity contribution >= 4 is 52.8 Å². The minimum absolute atomic E-state index is 0.231. The molecule has 0 aliphatic carbocycles. The van der Waals surface area contributed by atoms with E-state index in [0.29, 0.717) is 69.3 Å². The standard InChI is InChI=1S/C49H55N5O5S/c1-10-36(28-40(11-2)60-41(12-3)30-44(32(5)6)47(42(13-4)48(50)57)53-38-22-18-23-39(29-38)59-9)49(58)54-37-21-17-20-35(27-37)19-15-14-16-26-51-31-45(55)33(7)43-24-25-46(56)52-34(43)8/h10-13,17-18,20-25,27-30,45,51,55H,2,5,8,14,16,26,31H2,1,3-4,6-7,9H3,(H2,50,57)(H,52,56)(H,54,58)/b36-10?,40-28?,41-12?,42-13+,43-33?,44-30+,53-47?. The number of nitrogens with one attached hydrogen (secondary N) is 3. The van der Waals surface area contributed by atoms with Crippen LogP contribution in [0.5, 0.6) is 5.75 Å². The Kier molecular flexibility index (Phi) is 19.5. The Morgan fingerprint density at radius 3 is 2.40 bits per heavy atom. The minimum Gasteiger partial charge on any atom is -0.497 e. The molecule has 0 radical (unpaired) electrons. The number of nitrogens with two attached hydrogens (primary N) is 1. The summed E-state index contributed by atoms with van der Waals surface area (Å²) in [6.07, 6.45) is 11.3. The molecule has 2 aromatic carbocycles. The number of amides is 2. The molecule has 312 valence electrons. The number of aliphatic hydroxyl groups is 1. The van der Waals surface area contributed by atoms with E-state index < -0.39 is 12.0 Å². The minimum atomic E-state index is -0.725. The van der Waals surface area contributed by atoms with Gasteiger partial charge in [0.05, 0.1) is 30.2 Å². The summed E-state index contributed by atoms with van der Waals surface area (Å²) >= 11 is 1.39. The van der Waals surface area contributed by atoms with E-state index in [1.54, 1.807) is 69.5 Å². The van der Waals surface area contributed by atoms with Crippen LogP contribution in [0.3, 0.4) is 0 Å². The van der Waals surface area contributed by atoms with Crippen molar-refractivity contribution < 1.29 is 19.4 Å². The van der Waals surface area contributed by atoms with Gasteiger partial charge in [-0.3, -0.25) is 14.4 Å². The van der Waals surface area contributed by atoms with E-state index in [4.69, 9.17) is 15.5 Å². The highest BCUT2D eigenvalue weighted by atomic mass is 32.2. The summed E-state index contributed by atoms with van der Waals surface area (Å²) in [6.45, 7) is 22.1. The molecule has 10 nitrogen and oxygen atoms in total. The van der Waals surface area contributed by atoms with Gasteiger partial charge in [0.1, 0.15) is 5.75 Å². The number of thioether (sulfide) groups is 1. The number of primary amides is 1. The molecule has 1 atom stereocenters. The fourth-order valence-electron chi connectivity index (χ4n) is 5.68. The molecule has 1 heterocycles. The van der Waals surface area contributed by atoms with Gasteiger partial charge in [-0.2, -0.15) is 0 Å². The topological polar surface area (TPSA) is 159 Å². The van der Waals surface area contributed by atoms with Crippen molar-refractivity contribution in [1.29, 1.82) is 0 Å². The van der Waals surface area contributed by atoms with Gasteiger partial charge in [-0.15, -0.1) is 0 Å². The van der Waals surface area contributed by atoms with E-state index in [1.165, 1.54) is 17.8 Å². The van der Waals surface area contributed by atoms with Crippen LogP contribution in [0, 0.1) is 11.8 Å². The van der Waals surface area contributed by atoms with Gasteiger partial charge in [-0.25, -0.2) is 4.99 Å². The lowest BCUT2D eigenvalue weighted by Gasteiger charge is -2.15. The van der Waals surface area contributed by atoms with Gasteiger partial charge in [0.15, 0.2) is 0 Å². The second kappa shape index (κ2) is 24.5. The number of benzene rings is 2. The van der Waals surface area contributed by atoms with Crippen LogP contribution in [-0.2, 0) is 9.59 Å². The van der Waals surface area contributed by atoms with Gasteiger partial charge >= 0.3 is 0 Å². The number of hydrogen-bond acceptors (Lipinski definition) is 8. The highest BCUT2D eigenvalue weighted by Crippen LogP contribution is 2.32. The predicted octanol–water partition coefficient (Wildman–Crippen LogP) is 7.05. The van der Waals surface area contributed by atoms with E-state index >= 15 is 0 Å². The highest BCUT2D eigenvalue weighted by Gasteiger charge is 2.19. The average molecular weight is 826 g/mol. The summed E-state index contributed by atoms with van der Waals surface area (Å²) in [7, 11) is 1.57. The lowest BCUT2D eigenvalue weighted by Crippen LogP contribution is -2.38. The second-order valence-electron chi connectivity index (χ2n) is 13.4. The van der Waals surface area contributed by atoms with Crippen LogP contribution in [0.2, 0.25) is 0 Å². The summed E-state index contributed by atoms with van der Waals surface area (Å²) in [5.41, 5.74) is 10.5. The first-order chi connectivity index (χ1) is 28.7. The van der Waals surface area contributed by atoms with Gasteiger partial charge in [-0.1, -0.05) is 79.8 Å². The first-order valence-corrected chi connectivity index (χ1v) is 20.2. The average Bonchev–Trinajstić information content (AvgIpc) is 3.22. The number of unbranched alkanes of at least 4 members (excludes halogenated alkanes) is 1. The van der Waals surface area contributed by atoms with Gasteiger partial charge < -0.3 is 31.2 Å². The van der Waals surface area contributed by atoms with E-state index in [1.807, 2.05) is 63.3 Å². The Balaban J connectivity index is 1.70. The van der Waals surface area contributed by atoms with E-state index in [9.17, 15) is 19.5 Å². The van der Waals surface area contributed by atoms with Crippen LogP contribution in [0.15, 0.2) is 152 Å². The van der Waals surface area contributed by atoms with Crippen molar-refractivity contribution in [3.63, 3.8) is 0 Å². The van der Waals surface area contributed by atoms with Crippen LogP contribution < -0.4 is 37.2 Å². The van der Waals surface area contributed by atoms with Gasteiger partial charge in [0, 0.05) is 62.7 Å². The summed E-state index contributed by atoms with van der Waals surface area (Å²) in [5, 5.41) is 18.0. The lowest BCUT2D eigenvalue weighted by molar-refractivity contribution is -0.114. The SMILES string of the molecule is C=CC(=CC(=CC)C(=O)Nc1cccc(C#CCCCNCC(O)C(C)=c2ccc(=O)[nH]c2=C)c1)SC(=CC)/C=C(\C(=C)C)C(=Nc1cccc(OC)c1)/C(=C\C)C(N)=O. The molecule has 0 spiro atoms. The molecule has 2 amide bonds. The van der Waals surface area contributed by atoms with Crippen LogP contribution >= 0.6 is 11.8 Å². The largest absolute Gasteiger partial charge is 0.497 e. The molecule has 0 aliphatic heterocycles. The number of hydrogen-bond donors (Lipinski definition) is 5. The molecule has 0 fully saturated rings. The molecule has 0 saturated heterocycles. The van der Waals surface area contributed by atoms with Crippen molar-refractivity contribution in [3.8, 4) is 17.6 Å². The van der Waals surface area contributed by atoms with Crippen molar-refractivity contribution in [3.05, 3.63) is 169 Å². The fraction of sp³-hybridized carbons (Fsp3) is 0.224. The number of rotatable bonds is 19. The van der Waals surface area contributed by atoms with E-state index in [2.05, 4.69) is 47.2 Å². The first kappa shape index (κ1) is 47.9. The number of ether oxygens (including phenoxy) is 1. The highest BCUT2D eigenvalue weighted by molar-refractivity contribution is 8.07. The summed E-state index contributed by atoms with van der Waals surface area (Å²) < 4.78 is 5.37. The van der Waals surface area contributed by atoms with Crippen molar-refractivity contribution in [1.82, 2.24) is 10.3 Å². The molecule has 6 N–H and O–H groups in total. The molecule has 3 aromatic rings. The van der Waals surface area contributed by atoms with E-state index in [-0.39, 0.29) is 17.0 Å². The molecular formula is C49H55N5O5S. The molecule has 11 heteroatoms. The Labute approximate surface area is 357 Å². The first-order valence-electron chi connectivity index (χ1n) is 19.3. The number of pyridine rings is 1. The third kappa shape index (κ3) is 14.7. The Morgan fingerprint density at radius 1 is 1.02 bits per heavy atom. The number of allylic oxidation sites excluding steroid dienone is 7. The number of H-pyrrole nitrogens is 1. The Morgan fingerprint density at radius 2 is 1.77 bits per heavy atom. The number of anilines is 1. The Hall–Kier alpha value is -6.45. The maximum absolute atomic E-state index is 13.5. The fourth-order valence-corrected chi connectivity index (χ4v) is 6.52. The van der Waals surface area contributed by atoms with Gasteiger partial charge in [-0.05, 0) is 112 Å². The number of carbonyl (C=O) groups is 2. The van der Waals surface area contributed by atoms with Crippen LogP contribution in [0.1, 0.15) is 53.0 Å². The van der Waals surface area contributed by atoms with Gasteiger partial charge in [0.25, 0.3) is 11.8 Å². The van der Waals surface area contributed by atoms with E-state index in [0.717, 1.165) is 27.7 Å². The zero-order chi connectivity index (χ0) is 44.2. The van der Waals surface area contributed by atoms with Crippen molar-refractivity contribution in [2.45, 2.75) is 53.6 Å². The quantitative estimate of drug-likeness (QED) is 0.0285. The summed E-state index contributed by atoms with van der Waals surface area (Å²) in [5.74, 6) is 6.03. The number of aromatic nitrogens is 1. The Bertz CT molecular complexity index is 2510. The molecule has 3 rings (SSSR count). The van der Waals surface area contributed by atoms with Crippen molar-refractivity contribution in [2.75, 3.05) is 25.5 Å². The van der Waals surface area contributed by atoms with Gasteiger partial charge in [0.2, 0.25) is 5.56 Å². The number of aliphatic hydroxyl groups excluding tert-OH is 1. The van der Waals surface area contributed by atoms with Crippen LogP contribution in [-0.4, -0.2) is 53.9 Å². The zero-order valence-corrected chi connectivity index (χ0v) is 36.1. The smallest absolute Gasteiger partial charge is 0.255 e. The molecule has 1 unspecified atom stereocenters. The van der Waals surface area contributed by atoms with Crippen LogP contribution in [0.4, 0.5) is 11.4 Å². The van der Waals surface area contributed by atoms with Crippen LogP contribution in [0.25, 0.3) is 12.2 Å². The molecule has 1 aromatic heterocycles.